The van der Waals surface area contributed by atoms with E-state index in [1.165, 1.54) is 5.57 Å². The van der Waals surface area contributed by atoms with E-state index in [0.29, 0.717) is 6.42 Å². The van der Waals surface area contributed by atoms with Crippen LogP contribution >= 0.6 is 0 Å². The van der Waals surface area contributed by atoms with Crippen LogP contribution in [0.25, 0.3) is 0 Å². The van der Waals surface area contributed by atoms with Crippen molar-refractivity contribution in [1.82, 2.24) is 4.90 Å². The molecule has 0 aliphatic carbocycles. The fraction of sp³-hybridized carbons (Fsp3) is 0.700. The maximum absolute atomic E-state index is 10.2. The summed E-state index contributed by atoms with van der Waals surface area (Å²) in [6, 6.07) is 0. The van der Waals surface area contributed by atoms with E-state index in [2.05, 4.69) is 31.9 Å². The van der Waals surface area contributed by atoms with E-state index >= 15 is 0 Å². The normalized spacial score (nSPS) is 9.25. The maximum atomic E-state index is 10.2. The Bertz CT molecular complexity index is 148. The zero-order chi connectivity index (χ0) is 9.40. The number of carbonyl (C=O) groups excluding carboxylic acids is 1. The Labute approximate surface area is 75.3 Å². The highest BCUT2D eigenvalue weighted by Gasteiger charge is 1.96. The van der Waals surface area contributed by atoms with Crippen LogP contribution in [0.3, 0.4) is 0 Å². The summed E-state index contributed by atoms with van der Waals surface area (Å²) in [5, 5.41) is 0. The molecule has 2 heteroatoms. The highest BCUT2D eigenvalue weighted by atomic mass is 16.1. The molecule has 0 saturated heterocycles. The monoisotopic (exact) mass is 169 g/mol. The van der Waals surface area contributed by atoms with Gasteiger partial charge in [0.2, 0.25) is 0 Å². The summed E-state index contributed by atoms with van der Waals surface area (Å²) in [5.41, 5.74) is 1.29. The second-order valence-electron chi connectivity index (χ2n) is 3.20. The van der Waals surface area contributed by atoms with Crippen LogP contribution in [0.15, 0.2) is 11.8 Å². The van der Waals surface area contributed by atoms with Gasteiger partial charge in [-0.15, -0.1) is 0 Å². The average molecular weight is 169 g/mol. The van der Waals surface area contributed by atoms with Gasteiger partial charge in [-0.25, -0.2) is 0 Å². The molecule has 0 N–H and O–H groups in total. The number of hydrogen-bond acceptors (Lipinski definition) is 2. The predicted molar refractivity (Wildman–Crippen MR) is 52.0 cm³/mol. The molecule has 0 aliphatic rings. The summed E-state index contributed by atoms with van der Waals surface area (Å²) in [6.07, 6.45) is 4.85. The van der Waals surface area contributed by atoms with Gasteiger partial charge < -0.3 is 9.69 Å². The average Bonchev–Trinajstić information content (AvgIpc) is 2.00. The van der Waals surface area contributed by atoms with Crippen molar-refractivity contribution in [3.8, 4) is 0 Å². The molecule has 0 aliphatic heterocycles. The number of rotatable bonds is 6. The first kappa shape index (κ1) is 11.2. The highest BCUT2D eigenvalue weighted by Crippen LogP contribution is 1.98. The van der Waals surface area contributed by atoms with Crippen LogP contribution in [0.5, 0.6) is 0 Å². The van der Waals surface area contributed by atoms with E-state index in [1.807, 2.05) is 0 Å². The Kier molecular flexibility index (Phi) is 6.44. The molecule has 0 atom stereocenters. The Morgan fingerprint density at radius 2 is 2.00 bits per heavy atom. The van der Waals surface area contributed by atoms with Gasteiger partial charge in [-0.05, 0) is 26.5 Å². The zero-order valence-corrected chi connectivity index (χ0v) is 8.34. The van der Waals surface area contributed by atoms with Crippen molar-refractivity contribution in [1.29, 1.82) is 0 Å². The first-order valence-corrected chi connectivity index (χ1v) is 4.53. The minimum atomic E-state index is 0.629. The van der Waals surface area contributed by atoms with E-state index in [4.69, 9.17) is 0 Å². The first-order valence-electron chi connectivity index (χ1n) is 4.53. The van der Waals surface area contributed by atoms with Gasteiger partial charge in [-0.1, -0.05) is 12.5 Å². The molecule has 0 heterocycles. The molecule has 0 fully saturated rings. The molecule has 2 nitrogen and oxygen atoms in total. The fourth-order valence-corrected chi connectivity index (χ4v) is 1.11. The highest BCUT2D eigenvalue weighted by molar-refractivity contribution is 5.49. The van der Waals surface area contributed by atoms with Crippen LogP contribution in [0.1, 0.15) is 33.6 Å². The molecule has 12 heavy (non-hydrogen) atoms. The largest absolute Gasteiger partial charge is 0.377 e. The molecule has 0 aromatic rings. The first-order chi connectivity index (χ1) is 5.70. The van der Waals surface area contributed by atoms with Gasteiger partial charge in [0.05, 0.1) is 0 Å². The van der Waals surface area contributed by atoms with E-state index in [-0.39, 0.29) is 0 Å². The summed E-state index contributed by atoms with van der Waals surface area (Å²) < 4.78 is 0. The molecule has 0 unspecified atom stereocenters. The Balaban J connectivity index is 3.85. The third-order valence-corrected chi connectivity index (χ3v) is 1.49. The summed E-state index contributed by atoms with van der Waals surface area (Å²) in [5.74, 6) is 0. The second-order valence-corrected chi connectivity index (χ2v) is 3.20. The molecule has 0 saturated carbocycles. The van der Waals surface area contributed by atoms with Crippen LogP contribution in [0, 0.1) is 0 Å². The van der Waals surface area contributed by atoms with E-state index in [0.717, 1.165) is 25.8 Å². The van der Waals surface area contributed by atoms with E-state index < -0.39 is 0 Å². The number of nitrogens with zero attached hydrogens (tertiary/aromatic N) is 1. The molecule has 0 amide bonds. The lowest BCUT2D eigenvalue weighted by Gasteiger charge is -2.18. The van der Waals surface area contributed by atoms with Crippen molar-refractivity contribution < 1.29 is 4.79 Å². The zero-order valence-electron chi connectivity index (χ0n) is 8.34. The van der Waals surface area contributed by atoms with Crippen LogP contribution in [0.4, 0.5) is 0 Å². The molecule has 70 valence electrons. The Hall–Kier alpha value is -0.790. The number of hydrogen-bond donors (Lipinski definition) is 0. The molecule has 0 aromatic carbocycles. The van der Waals surface area contributed by atoms with Crippen molar-refractivity contribution in [2.45, 2.75) is 33.6 Å². The standard InChI is InChI=1S/C10H19NO/c1-4-6-11(7-5-8-12)9-10(2)3/h8-9H,4-7H2,1-3H3. The van der Waals surface area contributed by atoms with Crippen LogP contribution in [-0.4, -0.2) is 24.3 Å². The molecular formula is C10H19NO. The molecule has 0 rings (SSSR count). The molecular weight excluding hydrogens is 150 g/mol. The van der Waals surface area contributed by atoms with Crippen LogP contribution in [-0.2, 0) is 4.79 Å². The van der Waals surface area contributed by atoms with Crippen LogP contribution in [0.2, 0.25) is 0 Å². The summed E-state index contributed by atoms with van der Waals surface area (Å²) in [7, 11) is 0. The van der Waals surface area contributed by atoms with Gasteiger partial charge in [0.25, 0.3) is 0 Å². The number of carbonyl (C=O) groups is 1. The van der Waals surface area contributed by atoms with Crippen molar-refractivity contribution in [2.24, 2.45) is 0 Å². The lowest BCUT2D eigenvalue weighted by molar-refractivity contribution is -0.108. The molecule has 0 bridgehead atoms. The molecule has 0 radical (unpaired) electrons. The Morgan fingerprint density at radius 1 is 1.33 bits per heavy atom. The van der Waals surface area contributed by atoms with Crippen molar-refractivity contribution in [3.63, 3.8) is 0 Å². The summed E-state index contributed by atoms with van der Waals surface area (Å²) in [6.45, 7) is 8.18. The smallest absolute Gasteiger partial charge is 0.121 e. The van der Waals surface area contributed by atoms with Crippen molar-refractivity contribution >= 4 is 6.29 Å². The van der Waals surface area contributed by atoms with Gasteiger partial charge in [0, 0.05) is 19.5 Å². The fourth-order valence-electron chi connectivity index (χ4n) is 1.11. The quantitative estimate of drug-likeness (QED) is 0.568. The third-order valence-electron chi connectivity index (χ3n) is 1.49. The van der Waals surface area contributed by atoms with Gasteiger partial charge in [0.15, 0.2) is 0 Å². The van der Waals surface area contributed by atoms with Gasteiger partial charge >= 0.3 is 0 Å². The SMILES string of the molecule is CCCN(C=C(C)C)CCC=O. The molecule has 0 spiro atoms. The topological polar surface area (TPSA) is 20.3 Å². The maximum Gasteiger partial charge on any atom is 0.121 e. The third kappa shape index (κ3) is 5.96. The van der Waals surface area contributed by atoms with E-state index in [9.17, 15) is 4.79 Å². The Morgan fingerprint density at radius 3 is 2.42 bits per heavy atom. The van der Waals surface area contributed by atoms with Gasteiger partial charge in [-0.2, -0.15) is 0 Å². The van der Waals surface area contributed by atoms with E-state index in [1.54, 1.807) is 0 Å². The lowest BCUT2D eigenvalue weighted by Crippen LogP contribution is -2.20. The minimum absolute atomic E-state index is 0.629. The van der Waals surface area contributed by atoms with Crippen LogP contribution < -0.4 is 0 Å². The number of aldehydes is 1. The van der Waals surface area contributed by atoms with Gasteiger partial charge in [-0.3, -0.25) is 0 Å². The van der Waals surface area contributed by atoms with Gasteiger partial charge in [0.1, 0.15) is 6.29 Å². The second kappa shape index (κ2) is 6.89. The predicted octanol–water partition coefficient (Wildman–Crippen LogP) is 2.21. The minimum Gasteiger partial charge on any atom is -0.377 e. The lowest BCUT2D eigenvalue weighted by atomic mass is 10.3. The number of allylic oxidation sites excluding steroid dienone is 1. The molecule has 0 aromatic heterocycles. The van der Waals surface area contributed by atoms with Crippen molar-refractivity contribution in [3.05, 3.63) is 11.8 Å². The summed E-state index contributed by atoms with van der Waals surface area (Å²) in [4.78, 5) is 12.4. The van der Waals surface area contributed by atoms with Crippen molar-refractivity contribution in [2.75, 3.05) is 13.1 Å². The summed E-state index contributed by atoms with van der Waals surface area (Å²) >= 11 is 0.